The third kappa shape index (κ3) is 7.90. The molecular weight excluding hydrogens is 462 g/mol. The molecule has 0 saturated carbocycles. The van der Waals surface area contributed by atoms with Crippen LogP contribution in [0.5, 0.6) is 5.75 Å². The lowest BCUT2D eigenvalue weighted by Crippen LogP contribution is -2.47. The third-order valence-corrected chi connectivity index (χ3v) is 7.59. The van der Waals surface area contributed by atoms with Crippen molar-refractivity contribution in [2.24, 2.45) is 5.41 Å². The lowest BCUT2D eigenvalue weighted by atomic mass is 9.86. The molecule has 0 aromatic heterocycles. The largest absolute Gasteiger partial charge is 0.491 e. The number of nitrogens with one attached hydrogen (secondary N) is 1. The predicted molar refractivity (Wildman–Crippen MR) is 132 cm³/mol. The minimum atomic E-state index is -0.714. The Balaban J connectivity index is 1.38. The third-order valence-electron chi connectivity index (χ3n) is 5.78. The van der Waals surface area contributed by atoms with Crippen molar-refractivity contribution < 1.29 is 18.3 Å². The van der Waals surface area contributed by atoms with Gasteiger partial charge >= 0.3 is 0 Å². The van der Waals surface area contributed by atoms with Crippen LogP contribution < -0.4 is 10.1 Å². The van der Waals surface area contributed by atoms with Gasteiger partial charge in [-0.05, 0) is 74.2 Å². The molecule has 0 aliphatic carbocycles. The van der Waals surface area contributed by atoms with Crippen LogP contribution in [-0.4, -0.2) is 42.2 Å². The van der Waals surface area contributed by atoms with Crippen molar-refractivity contribution in [1.82, 2.24) is 9.62 Å². The molecule has 1 N–H and O–H groups in total. The van der Waals surface area contributed by atoms with Crippen LogP contribution in [0, 0.1) is 17.0 Å². The van der Waals surface area contributed by atoms with Crippen molar-refractivity contribution >= 4 is 29.6 Å². The molecule has 180 valence electrons. The molecule has 0 radical (unpaired) electrons. The lowest BCUT2D eigenvalue weighted by molar-refractivity contribution is -0.130. The maximum Gasteiger partial charge on any atom is 0.225 e. The number of ether oxygens (including phenoxy) is 1. The average molecular weight is 495 g/mol. The highest BCUT2D eigenvalue weighted by atomic mass is 32.2. The fourth-order valence-electron chi connectivity index (χ4n) is 3.68. The fraction of sp³-hybridized carbons (Fsp3) is 0.480. The van der Waals surface area contributed by atoms with Crippen molar-refractivity contribution in [1.29, 1.82) is 0 Å². The lowest BCUT2D eigenvalue weighted by Gasteiger charge is -2.33. The van der Waals surface area contributed by atoms with Crippen LogP contribution in [0.25, 0.3) is 0 Å². The Morgan fingerprint density at radius 3 is 2.58 bits per heavy atom. The van der Waals surface area contributed by atoms with Crippen molar-refractivity contribution in [2.75, 3.05) is 26.0 Å². The van der Waals surface area contributed by atoms with E-state index in [0.29, 0.717) is 12.8 Å². The highest BCUT2D eigenvalue weighted by Crippen LogP contribution is 2.30. The minimum absolute atomic E-state index is 0.0310. The van der Waals surface area contributed by atoms with Crippen molar-refractivity contribution in [3.05, 3.63) is 54.1 Å². The summed E-state index contributed by atoms with van der Waals surface area (Å²) in [6.45, 7) is 5.97. The molecule has 33 heavy (non-hydrogen) atoms. The second kappa shape index (κ2) is 12.1. The topological polar surface area (TPSA) is 41.6 Å². The van der Waals surface area contributed by atoms with Crippen LogP contribution in [0.15, 0.2) is 52.3 Å². The van der Waals surface area contributed by atoms with E-state index in [9.17, 15) is 13.6 Å². The number of amides is 1. The summed E-state index contributed by atoms with van der Waals surface area (Å²) in [5, 5.41) is 3.22. The number of thioether (sulfide) groups is 1. The molecule has 1 aliphatic heterocycles. The zero-order valence-corrected chi connectivity index (χ0v) is 21.0. The van der Waals surface area contributed by atoms with Gasteiger partial charge in [0.05, 0.1) is 6.61 Å². The number of hydrogen-bond donors (Lipinski definition) is 1. The van der Waals surface area contributed by atoms with Crippen molar-refractivity contribution in [3.8, 4) is 5.75 Å². The van der Waals surface area contributed by atoms with Gasteiger partial charge < -0.3 is 10.1 Å². The molecule has 8 heteroatoms. The number of benzene rings is 2. The molecule has 1 heterocycles. The number of halogens is 2. The van der Waals surface area contributed by atoms with Gasteiger partial charge in [-0.2, -0.15) is 0 Å². The maximum absolute atomic E-state index is 13.6. The van der Waals surface area contributed by atoms with Gasteiger partial charge in [0.2, 0.25) is 5.91 Å². The highest BCUT2D eigenvalue weighted by Gasteiger charge is 2.30. The van der Waals surface area contributed by atoms with E-state index in [1.807, 2.05) is 13.8 Å². The number of carbonyl (C=O) groups excluding carboxylic acids is 1. The first-order chi connectivity index (χ1) is 15.8. The zero-order valence-electron chi connectivity index (χ0n) is 19.4. The Labute approximate surface area is 204 Å². The fourth-order valence-corrected chi connectivity index (χ4v) is 5.23. The molecule has 2 aromatic rings. The molecule has 0 unspecified atom stereocenters. The second-order valence-electron chi connectivity index (χ2n) is 8.86. The Morgan fingerprint density at radius 2 is 1.88 bits per heavy atom. The summed E-state index contributed by atoms with van der Waals surface area (Å²) < 4.78 is 34.4. The molecule has 4 nitrogen and oxygen atoms in total. The first kappa shape index (κ1) is 25.8. The smallest absolute Gasteiger partial charge is 0.225 e. The van der Waals surface area contributed by atoms with E-state index in [-0.39, 0.29) is 24.3 Å². The zero-order chi connectivity index (χ0) is 23.8. The van der Waals surface area contributed by atoms with Crippen LogP contribution in [0.1, 0.15) is 39.5 Å². The quantitative estimate of drug-likeness (QED) is 0.243. The summed E-state index contributed by atoms with van der Waals surface area (Å²) in [4.78, 5) is 15.4. The van der Waals surface area contributed by atoms with Gasteiger partial charge in [-0.25, -0.2) is 13.1 Å². The Kier molecular flexibility index (Phi) is 9.47. The first-order valence-corrected chi connectivity index (χ1v) is 13.2. The summed E-state index contributed by atoms with van der Waals surface area (Å²) in [5.74, 6) is -1.28. The summed E-state index contributed by atoms with van der Waals surface area (Å²) in [6, 6.07) is 12.0. The Bertz CT molecular complexity index is 934. The van der Waals surface area contributed by atoms with E-state index in [1.54, 1.807) is 23.7 Å². The first-order valence-electron chi connectivity index (χ1n) is 11.2. The van der Waals surface area contributed by atoms with Crippen LogP contribution in [0.2, 0.25) is 0 Å². The maximum atomic E-state index is 13.6. The van der Waals surface area contributed by atoms with E-state index in [4.69, 9.17) is 4.74 Å². The van der Waals surface area contributed by atoms with E-state index >= 15 is 0 Å². The van der Waals surface area contributed by atoms with Gasteiger partial charge in [-0.1, -0.05) is 19.9 Å². The Morgan fingerprint density at radius 1 is 1.15 bits per heavy atom. The standard InChI is InChI=1S/C25H32F2N2O2S2/c1-25(2,12-5-15-31-23-9-8-18(26)16-22(23)27)24(30)28-19-10-13-29(14-11-19)33-21-7-4-6-20(17-21)32-3/h4,6-9,16-17,19H,5,10-15H2,1-3H3,(H,28,30). The SMILES string of the molecule is CSc1cccc(SN2CCC(NC(=O)C(C)(C)CCCOc3ccc(F)cc3F)CC2)c1. The predicted octanol–water partition coefficient (Wildman–Crippen LogP) is 6.16. The van der Waals surface area contributed by atoms with E-state index < -0.39 is 17.0 Å². The summed E-state index contributed by atoms with van der Waals surface area (Å²) >= 11 is 3.52. The van der Waals surface area contributed by atoms with E-state index in [1.165, 1.54) is 21.9 Å². The van der Waals surface area contributed by atoms with Crippen LogP contribution in [0.3, 0.4) is 0 Å². The molecule has 1 fully saturated rings. The number of rotatable bonds is 10. The normalized spacial score (nSPS) is 15.4. The van der Waals surface area contributed by atoms with E-state index in [0.717, 1.165) is 32.0 Å². The van der Waals surface area contributed by atoms with Crippen molar-refractivity contribution in [3.63, 3.8) is 0 Å². The van der Waals surface area contributed by atoms with Gasteiger partial charge in [-0.3, -0.25) is 4.79 Å². The summed E-state index contributed by atoms with van der Waals surface area (Å²) in [7, 11) is 0. The summed E-state index contributed by atoms with van der Waals surface area (Å²) in [6.07, 6.45) is 5.13. The molecule has 0 atom stereocenters. The molecular formula is C25H32F2N2O2S2. The molecule has 1 aliphatic rings. The van der Waals surface area contributed by atoms with Crippen LogP contribution >= 0.6 is 23.7 Å². The van der Waals surface area contributed by atoms with Gasteiger partial charge in [0.15, 0.2) is 11.6 Å². The van der Waals surface area contributed by atoms with E-state index in [2.05, 4.69) is 40.1 Å². The molecule has 0 bridgehead atoms. The van der Waals surface area contributed by atoms with Crippen molar-refractivity contribution in [2.45, 2.75) is 55.4 Å². The minimum Gasteiger partial charge on any atom is -0.491 e. The van der Waals surface area contributed by atoms with Gasteiger partial charge in [0, 0.05) is 40.4 Å². The number of piperidine rings is 1. The second-order valence-corrected chi connectivity index (χ2v) is 10.9. The molecule has 3 rings (SSSR count). The highest BCUT2D eigenvalue weighted by molar-refractivity contribution is 7.99. The monoisotopic (exact) mass is 494 g/mol. The number of carbonyl (C=O) groups is 1. The average Bonchev–Trinajstić information content (AvgIpc) is 2.79. The van der Waals surface area contributed by atoms with Gasteiger partial charge in [0.1, 0.15) is 5.82 Å². The van der Waals surface area contributed by atoms with Crippen LogP contribution in [0.4, 0.5) is 8.78 Å². The molecule has 2 aromatic carbocycles. The molecule has 1 amide bonds. The van der Waals surface area contributed by atoms with Gasteiger partial charge in [-0.15, -0.1) is 11.8 Å². The number of nitrogens with zero attached hydrogens (tertiary/aromatic N) is 1. The molecule has 1 saturated heterocycles. The Hall–Kier alpha value is -1.77. The van der Waals surface area contributed by atoms with Crippen LogP contribution in [-0.2, 0) is 4.79 Å². The molecule has 0 spiro atoms. The summed E-state index contributed by atoms with van der Waals surface area (Å²) in [5.41, 5.74) is -0.547. The van der Waals surface area contributed by atoms with Gasteiger partial charge in [0.25, 0.3) is 0 Å². The number of hydrogen-bond acceptors (Lipinski definition) is 5.